The number of hydrogen-bond acceptors (Lipinski definition) is 11. The van der Waals surface area contributed by atoms with Crippen LogP contribution in [0.25, 0.3) is 21.6 Å². The molecule has 368 valence electrons. The van der Waals surface area contributed by atoms with Crippen LogP contribution in [0.3, 0.4) is 0 Å². The molecule has 7 rings (SSSR count). The summed E-state index contributed by atoms with van der Waals surface area (Å²) >= 11 is 7.84. The van der Waals surface area contributed by atoms with Gasteiger partial charge in [0.05, 0.1) is 39.3 Å². The average molecular weight is 988 g/mol. The molecule has 2 aromatic heterocycles. The molecule has 4 N–H and O–H groups in total. The molecule has 1 aliphatic heterocycles. The quantitative estimate of drug-likeness (QED) is 0.0655. The van der Waals surface area contributed by atoms with Gasteiger partial charge in [0.15, 0.2) is 0 Å². The van der Waals surface area contributed by atoms with Crippen LogP contribution in [0.4, 0.5) is 5.82 Å². The number of hydrogen-bond donors (Lipinski definition) is 4. The fourth-order valence-electron chi connectivity index (χ4n) is 9.92. The number of carbonyl (C=O) groups excluding carboxylic acids is 4. The summed E-state index contributed by atoms with van der Waals surface area (Å²) in [6, 6.07) is 24.4. The lowest BCUT2D eigenvalue weighted by Crippen LogP contribution is -2.74. The van der Waals surface area contributed by atoms with Crippen molar-refractivity contribution >= 4 is 52.4 Å². The number of ether oxygens (including phenoxy) is 2. The third-order valence-electron chi connectivity index (χ3n) is 13.5. The molecule has 2 aliphatic rings. The van der Waals surface area contributed by atoms with Crippen molar-refractivity contribution in [3.05, 3.63) is 118 Å². The number of nitrogens with zero attached hydrogens (tertiary/aromatic N) is 4. The van der Waals surface area contributed by atoms with Crippen LogP contribution in [0.2, 0.25) is 5.02 Å². The Morgan fingerprint density at radius 1 is 0.929 bits per heavy atom. The largest absolute Gasteiger partial charge is 0.489 e. The first kappa shape index (κ1) is 51.5. The Morgan fingerprint density at radius 3 is 2.23 bits per heavy atom. The molecule has 0 spiro atoms. The smallest absolute Gasteiger partial charge is 0.251 e. The van der Waals surface area contributed by atoms with Crippen LogP contribution in [0.1, 0.15) is 101 Å². The number of nitrogens with one attached hydrogen (secondary N) is 4. The lowest BCUT2D eigenvalue weighted by atomic mass is 9.49. The van der Waals surface area contributed by atoms with Gasteiger partial charge in [0.2, 0.25) is 17.7 Å². The summed E-state index contributed by atoms with van der Waals surface area (Å²) < 4.78 is 12.1. The molecule has 0 bridgehead atoms. The zero-order chi connectivity index (χ0) is 50.5. The lowest BCUT2D eigenvalue weighted by Gasteiger charge is -2.63. The van der Waals surface area contributed by atoms with Crippen molar-refractivity contribution in [2.75, 3.05) is 31.6 Å². The average Bonchev–Trinajstić information content (AvgIpc) is 4.01. The number of halogens is 1. The minimum absolute atomic E-state index is 0.171. The molecule has 70 heavy (non-hydrogen) atoms. The molecule has 3 aromatic carbocycles. The van der Waals surface area contributed by atoms with E-state index in [1.54, 1.807) is 52.8 Å². The van der Waals surface area contributed by atoms with Crippen molar-refractivity contribution in [2.45, 2.75) is 105 Å². The Bertz CT molecular complexity index is 2710. The summed E-state index contributed by atoms with van der Waals surface area (Å²) in [7, 11) is 0. The van der Waals surface area contributed by atoms with E-state index >= 15 is 0 Å². The summed E-state index contributed by atoms with van der Waals surface area (Å²) in [4.78, 5) is 66.0. The first-order valence-corrected chi connectivity index (χ1v) is 24.9. The molecule has 3 heterocycles. The maximum atomic E-state index is 14.1. The molecule has 0 unspecified atom stereocenters. The van der Waals surface area contributed by atoms with E-state index in [1.165, 1.54) is 0 Å². The Hall–Kier alpha value is -6.34. The standard InChI is InChI=1S/C54H63ClN8O6S/c1-32(34-12-16-36(17-13-34)45-33(2)59-31-70-45)60-48(66)42-11-10-25-63(42)49(67)46(52(3,4)5)61-44(64)30-68-26-24-57-43-23-21-39(29-58-43)35-14-18-37(19-15-35)47(65)62-50-53(6,7)51(54(50,8)9)69-40-22-20-38(28-56)41(55)27-40/h12-23,27,29,31-32,42,46,50-51H,10-11,24-26,30H2,1-9H3,(H,57,58)(H,60,66)(H,61,64)(H,62,65)/t32-,42-,46+,50?,51?/m0/s1. The highest BCUT2D eigenvalue weighted by atomic mass is 35.5. The van der Waals surface area contributed by atoms with Gasteiger partial charge in [-0.25, -0.2) is 9.97 Å². The third-order valence-corrected chi connectivity index (χ3v) is 14.8. The van der Waals surface area contributed by atoms with Crippen LogP contribution in [0.15, 0.2) is 90.6 Å². The van der Waals surface area contributed by atoms with Gasteiger partial charge in [-0.3, -0.25) is 19.2 Å². The van der Waals surface area contributed by atoms with Gasteiger partial charge in [0.25, 0.3) is 5.91 Å². The number of aromatic nitrogens is 2. The van der Waals surface area contributed by atoms with Gasteiger partial charge in [-0.1, -0.05) is 96.5 Å². The molecule has 14 nitrogen and oxygen atoms in total. The van der Waals surface area contributed by atoms with Gasteiger partial charge in [-0.05, 0) is 85.2 Å². The van der Waals surface area contributed by atoms with Crippen molar-refractivity contribution in [1.29, 1.82) is 5.26 Å². The second kappa shape index (κ2) is 21.3. The van der Waals surface area contributed by atoms with Crippen molar-refractivity contribution < 1.29 is 28.7 Å². The zero-order valence-corrected chi connectivity index (χ0v) is 42.9. The van der Waals surface area contributed by atoms with Crippen molar-refractivity contribution in [3.63, 3.8) is 0 Å². The van der Waals surface area contributed by atoms with E-state index in [0.29, 0.717) is 53.6 Å². The van der Waals surface area contributed by atoms with Crippen molar-refractivity contribution in [3.8, 4) is 33.4 Å². The van der Waals surface area contributed by atoms with Crippen LogP contribution >= 0.6 is 22.9 Å². The Balaban J connectivity index is 0.838. The Morgan fingerprint density at radius 2 is 1.61 bits per heavy atom. The van der Waals surface area contributed by atoms with E-state index < -0.39 is 34.2 Å². The maximum Gasteiger partial charge on any atom is 0.251 e. The third kappa shape index (κ3) is 11.5. The maximum absolute atomic E-state index is 14.1. The number of rotatable bonds is 17. The second-order valence-electron chi connectivity index (χ2n) is 20.5. The molecule has 1 saturated carbocycles. The summed E-state index contributed by atoms with van der Waals surface area (Å²) in [5.74, 6) is 0.0862. The Labute approximate surface area is 419 Å². The lowest BCUT2D eigenvalue weighted by molar-refractivity contribution is -0.164. The van der Waals surface area contributed by atoms with Crippen molar-refractivity contribution in [1.82, 2.24) is 30.8 Å². The molecule has 1 aliphatic carbocycles. The second-order valence-corrected chi connectivity index (χ2v) is 21.7. The topological polar surface area (TPSA) is 188 Å². The van der Waals surface area contributed by atoms with E-state index in [1.807, 2.05) is 88.7 Å². The van der Waals surface area contributed by atoms with E-state index in [0.717, 1.165) is 32.8 Å². The molecule has 3 atom stereocenters. The summed E-state index contributed by atoms with van der Waals surface area (Å²) in [6.45, 7) is 18.6. The molecule has 4 amide bonds. The zero-order valence-electron chi connectivity index (χ0n) is 41.3. The number of carbonyl (C=O) groups is 4. The fourth-order valence-corrected chi connectivity index (χ4v) is 10.9. The van der Waals surface area contributed by atoms with E-state index in [4.69, 9.17) is 21.1 Å². The molecular weight excluding hydrogens is 924 g/mol. The first-order chi connectivity index (χ1) is 33.2. The normalized spacial score (nSPS) is 18.9. The van der Waals surface area contributed by atoms with Gasteiger partial charge in [0.1, 0.15) is 42.4 Å². The number of amides is 4. The van der Waals surface area contributed by atoms with Gasteiger partial charge in [-0.2, -0.15) is 5.26 Å². The number of nitriles is 1. The number of pyridine rings is 1. The summed E-state index contributed by atoms with van der Waals surface area (Å²) in [6.07, 6.45) is 2.76. The van der Waals surface area contributed by atoms with Crippen LogP contribution in [-0.2, 0) is 19.1 Å². The Kier molecular flexibility index (Phi) is 15.7. The van der Waals surface area contributed by atoms with Gasteiger partial charge >= 0.3 is 0 Å². The van der Waals surface area contributed by atoms with E-state index in [2.05, 4.69) is 65.0 Å². The van der Waals surface area contributed by atoms with E-state index in [-0.39, 0.29) is 49.1 Å². The number of aryl methyl sites for hydroxylation is 1. The highest BCUT2D eigenvalue weighted by molar-refractivity contribution is 7.13. The van der Waals surface area contributed by atoms with Crippen LogP contribution in [-0.4, -0.2) is 89.0 Å². The molecule has 2 fully saturated rings. The minimum Gasteiger partial charge on any atom is -0.489 e. The van der Waals surface area contributed by atoms with Crippen LogP contribution in [0.5, 0.6) is 5.75 Å². The van der Waals surface area contributed by atoms with Crippen LogP contribution < -0.4 is 26.0 Å². The first-order valence-electron chi connectivity index (χ1n) is 23.6. The number of thiazole rings is 1. The molecule has 1 saturated heterocycles. The van der Waals surface area contributed by atoms with Gasteiger partial charge in [-0.15, -0.1) is 11.3 Å². The predicted molar refractivity (Wildman–Crippen MR) is 273 cm³/mol. The van der Waals surface area contributed by atoms with Crippen LogP contribution in [0, 0.1) is 34.5 Å². The van der Waals surface area contributed by atoms with E-state index in [9.17, 15) is 24.4 Å². The number of benzene rings is 3. The number of likely N-dealkylation sites (tertiary alicyclic amines) is 1. The fraction of sp³-hybridized carbons (Fsp3) is 0.426. The van der Waals surface area contributed by atoms with Crippen molar-refractivity contribution in [2.24, 2.45) is 16.2 Å². The summed E-state index contributed by atoms with van der Waals surface area (Å²) in [5, 5.41) is 22.0. The SMILES string of the molecule is Cc1ncsc1-c1ccc([C@H](C)NC(=O)[C@@H]2CCCN2C(=O)[C@@H](NC(=O)COCCNc2ccc(-c3ccc(C(=O)NC4C(C)(C)C(Oc5ccc(C#N)c(Cl)c5)C4(C)C)cc3)cn2)C(C)(C)C)cc1. The summed E-state index contributed by atoms with van der Waals surface area (Å²) in [5.41, 5.74) is 6.12. The predicted octanol–water partition coefficient (Wildman–Crippen LogP) is 9.15. The minimum atomic E-state index is -0.865. The monoisotopic (exact) mass is 986 g/mol. The molecular formula is C54H63ClN8O6S. The highest BCUT2D eigenvalue weighted by Crippen LogP contribution is 2.55. The molecule has 0 radical (unpaired) electrons. The molecule has 5 aromatic rings. The van der Waals surface area contributed by atoms with Gasteiger partial charge in [0, 0.05) is 53.4 Å². The number of anilines is 1. The van der Waals surface area contributed by atoms with Gasteiger partial charge < -0.3 is 35.6 Å². The highest BCUT2D eigenvalue weighted by Gasteiger charge is 2.64. The molecule has 16 heteroatoms.